The quantitative estimate of drug-likeness (QED) is 0.756. The normalized spacial score (nSPS) is 10.8. The molecule has 26 heavy (non-hydrogen) atoms. The molecule has 0 bridgehead atoms. The number of aromatic nitrogens is 1. The number of hydrogen-bond acceptors (Lipinski definition) is 5. The first-order valence-electron chi connectivity index (χ1n) is 8.92. The Hall–Kier alpha value is -2.63. The summed E-state index contributed by atoms with van der Waals surface area (Å²) in [6, 6.07) is 5.95. The third-order valence-corrected chi connectivity index (χ3v) is 4.22. The minimum atomic E-state index is -0.595. The summed E-state index contributed by atoms with van der Waals surface area (Å²) in [6.45, 7) is 9.19. The van der Waals surface area contributed by atoms with Crippen molar-refractivity contribution >= 4 is 17.6 Å². The van der Waals surface area contributed by atoms with E-state index >= 15 is 0 Å². The summed E-state index contributed by atoms with van der Waals surface area (Å²) in [5.74, 6) is -0.495. The monoisotopic (exact) mass is 358 g/mol. The van der Waals surface area contributed by atoms with Gasteiger partial charge in [0.05, 0.1) is 5.69 Å². The van der Waals surface area contributed by atoms with Crippen molar-refractivity contribution in [3.05, 3.63) is 46.3 Å². The molecule has 0 fully saturated rings. The highest BCUT2D eigenvalue weighted by molar-refractivity contribution is 5.97. The van der Waals surface area contributed by atoms with Crippen molar-refractivity contribution in [1.29, 1.82) is 0 Å². The molecule has 0 unspecified atom stereocenters. The molecule has 0 aliphatic heterocycles. The highest BCUT2D eigenvalue weighted by atomic mass is 16.5. The molecule has 0 saturated heterocycles. The number of anilines is 1. The van der Waals surface area contributed by atoms with Crippen molar-refractivity contribution < 1.29 is 18.8 Å². The molecule has 6 heteroatoms. The Morgan fingerprint density at radius 2 is 1.81 bits per heavy atom. The van der Waals surface area contributed by atoms with E-state index in [4.69, 9.17) is 9.26 Å². The van der Waals surface area contributed by atoms with Crippen LogP contribution in [0.4, 0.5) is 5.69 Å². The first-order chi connectivity index (χ1) is 12.4. The molecule has 2 rings (SSSR count). The second kappa shape index (κ2) is 8.65. The molecule has 0 saturated carbocycles. The Bertz CT molecular complexity index is 771. The zero-order chi connectivity index (χ0) is 19.3. The molecule has 0 radical (unpaired) electrons. The number of para-hydroxylation sites is 1. The molecule has 0 spiro atoms. The number of rotatable bonds is 7. The van der Waals surface area contributed by atoms with E-state index in [-0.39, 0.29) is 18.4 Å². The fourth-order valence-electron chi connectivity index (χ4n) is 2.81. The largest absolute Gasteiger partial charge is 0.452 e. The number of amides is 1. The lowest BCUT2D eigenvalue weighted by Crippen LogP contribution is -2.23. The Kier molecular flexibility index (Phi) is 6.55. The van der Waals surface area contributed by atoms with Crippen molar-refractivity contribution in [3.63, 3.8) is 0 Å². The average Bonchev–Trinajstić information content (AvgIpc) is 3.01. The first-order valence-corrected chi connectivity index (χ1v) is 8.92. The van der Waals surface area contributed by atoms with Gasteiger partial charge in [-0.3, -0.25) is 4.79 Å². The molecular weight excluding hydrogens is 332 g/mol. The molecule has 140 valence electrons. The molecule has 6 nitrogen and oxygen atoms in total. The number of esters is 1. The van der Waals surface area contributed by atoms with E-state index in [0.29, 0.717) is 17.0 Å². The van der Waals surface area contributed by atoms with Crippen LogP contribution in [0.3, 0.4) is 0 Å². The molecule has 0 atom stereocenters. The lowest BCUT2D eigenvalue weighted by molar-refractivity contribution is -0.119. The van der Waals surface area contributed by atoms with Gasteiger partial charge in [-0.25, -0.2) is 4.79 Å². The van der Waals surface area contributed by atoms with Gasteiger partial charge < -0.3 is 14.6 Å². The summed E-state index contributed by atoms with van der Waals surface area (Å²) in [6.07, 6.45) is 1.61. The predicted molar refractivity (Wildman–Crippen MR) is 99.4 cm³/mol. The lowest BCUT2D eigenvalue weighted by Gasteiger charge is -2.14. The molecule has 1 amide bonds. The van der Waals surface area contributed by atoms with Crippen molar-refractivity contribution in [2.45, 2.75) is 53.4 Å². The van der Waals surface area contributed by atoms with Crippen LogP contribution in [0.1, 0.15) is 66.6 Å². The van der Waals surface area contributed by atoms with Crippen LogP contribution in [-0.4, -0.2) is 23.6 Å². The Labute approximate surface area is 153 Å². The van der Waals surface area contributed by atoms with Crippen LogP contribution in [-0.2, 0) is 22.4 Å². The second-order valence-electron chi connectivity index (χ2n) is 6.44. The summed E-state index contributed by atoms with van der Waals surface area (Å²) < 4.78 is 10.4. The summed E-state index contributed by atoms with van der Waals surface area (Å²) in [4.78, 5) is 24.7. The van der Waals surface area contributed by atoms with E-state index in [1.54, 1.807) is 6.92 Å². The van der Waals surface area contributed by atoms with Crippen molar-refractivity contribution in [1.82, 2.24) is 5.16 Å². The number of benzene rings is 1. The van der Waals surface area contributed by atoms with Crippen molar-refractivity contribution in [2.75, 3.05) is 11.9 Å². The van der Waals surface area contributed by atoms with Gasteiger partial charge in [-0.1, -0.05) is 51.1 Å². The number of aryl methyl sites for hydroxylation is 3. The Morgan fingerprint density at radius 1 is 1.19 bits per heavy atom. The molecular formula is C20H26N2O4. The minimum absolute atomic E-state index is 0.00359. The van der Waals surface area contributed by atoms with Crippen molar-refractivity contribution in [3.8, 4) is 0 Å². The molecule has 1 aromatic carbocycles. The summed E-state index contributed by atoms with van der Waals surface area (Å²) >= 11 is 0. The number of nitrogens with one attached hydrogen (secondary N) is 1. The number of hydrogen-bond donors (Lipinski definition) is 1. The van der Waals surface area contributed by atoms with E-state index in [1.165, 1.54) is 0 Å². The second-order valence-corrected chi connectivity index (χ2v) is 6.44. The van der Waals surface area contributed by atoms with Gasteiger partial charge in [0, 0.05) is 11.6 Å². The van der Waals surface area contributed by atoms with Crippen LogP contribution >= 0.6 is 0 Å². The highest BCUT2D eigenvalue weighted by Gasteiger charge is 2.24. The maximum Gasteiger partial charge on any atom is 0.344 e. The molecule has 1 heterocycles. The van der Waals surface area contributed by atoms with Crippen LogP contribution in [0.2, 0.25) is 0 Å². The number of carbonyl (C=O) groups excluding carboxylic acids is 2. The summed E-state index contributed by atoms with van der Waals surface area (Å²) in [5.41, 5.74) is 3.68. The number of nitrogens with zero attached hydrogens (tertiary/aromatic N) is 1. The molecule has 0 aliphatic rings. The van der Waals surface area contributed by atoms with Crippen LogP contribution in [0.15, 0.2) is 22.7 Å². The highest BCUT2D eigenvalue weighted by Crippen LogP contribution is 2.24. The van der Waals surface area contributed by atoms with Gasteiger partial charge in [0.2, 0.25) is 0 Å². The fraction of sp³-hybridized carbons (Fsp3) is 0.450. The maximum absolute atomic E-state index is 12.4. The standard InChI is InChI=1S/C20H26N2O4/c1-6-14-9-8-10-15(7-2)18(14)21-16(23)11-25-20(24)17-13(5)22-26-19(17)12(3)4/h8-10,12H,6-7,11H2,1-5H3,(H,21,23). The van der Waals surface area contributed by atoms with Gasteiger partial charge in [0.15, 0.2) is 12.4 Å². The van der Waals surface area contributed by atoms with E-state index in [0.717, 1.165) is 29.7 Å². The van der Waals surface area contributed by atoms with Gasteiger partial charge in [-0.05, 0) is 30.9 Å². The zero-order valence-corrected chi connectivity index (χ0v) is 16.0. The average molecular weight is 358 g/mol. The van der Waals surface area contributed by atoms with E-state index in [9.17, 15) is 9.59 Å². The van der Waals surface area contributed by atoms with Crippen LogP contribution in [0, 0.1) is 6.92 Å². The molecule has 1 aromatic heterocycles. The van der Waals surface area contributed by atoms with Gasteiger partial charge >= 0.3 is 5.97 Å². The Morgan fingerprint density at radius 3 is 2.35 bits per heavy atom. The molecule has 2 aromatic rings. The predicted octanol–water partition coefficient (Wildman–Crippen LogP) is 4.03. The molecule has 1 N–H and O–H groups in total. The van der Waals surface area contributed by atoms with Gasteiger partial charge in [0.25, 0.3) is 5.91 Å². The summed E-state index contributed by atoms with van der Waals surface area (Å²) in [7, 11) is 0. The lowest BCUT2D eigenvalue weighted by atomic mass is 10.0. The van der Waals surface area contributed by atoms with Gasteiger partial charge in [0.1, 0.15) is 5.56 Å². The fourth-order valence-corrected chi connectivity index (χ4v) is 2.81. The van der Waals surface area contributed by atoms with Crippen LogP contribution in [0.5, 0.6) is 0 Å². The van der Waals surface area contributed by atoms with E-state index in [1.807, 2.05) is 45.9 Å². The zero-order valence-electron chi connectivity index (χ0n) is 16.0. The third kappa shape index (κ3) is 4.31. The van der Waals surface area contributed by atoms with Crippen molar-refractivity contribution in [2.24, 2.45) is 0 Å². The van der Waals surface area contributed by atoms with Gasteiger partial charge in [-0.15, -0.1) is 0 Å². The van der Waals surface area contributed by atoms with Gasteiger partial charge in [-0.2, -0.15) is 0 Å². The number of ether oxygens (including phenoxy) is 1. The Balaban J connectivity index is 2.06. The third-order valence-electron chi connectivity index (χ3n) is 4.22. The summed E-state index contributed by atoms with van der Waals surface area (Å²) in [5, 5.41) is 6.70. The maximum atomic E-state index is 12.4. The van der Waals surface area contributed by atoms with E-state index in [2.05, 4.69) is 10.5 Å². The van der Waals surface area contributed by atoms with Crippen LogP contribution in [0.25, 0.3) is 0 Å². The first kappa shape index (κ1) is 19.7. The van der Waals surface area contributed by atoms with Crippen LogP contribution < -0.4 is 5.32 Å². The molecule has 0 aliphatic carbocycles. The van der Waals surface area contributed by atoms with E-state index < -0.39 is 5.97 Å². The number of carbonyl (C=O) groups is 2. The smallest absolute Gasteiger partial charge is 0.344 e. The topological polar surface area (TPSA) is 81.4 Å². The SMILES string of the molecule is CCc1cccc(CC)c1NC(=O)COC(=O)c1c(C)noc1C(C)C. The minimum Gasteiger partial charge on any atom is -0.452 e.